The van der Waals surface area contributed by atoms with E-state index in [9.17, 15) is 9.59 Å². The molecule has 2 amide bonds. The van der Waals surface area contributed by atoms with Gasteiger partial charge in [-0.1, -0.05) is 0 Å². The number of carbonyl (C=O) groups is 2. The molecule has 2 rings (SSSR count). The lowest BCUT2D eigenvalue weighted by Gasteiger charge is -2.08. The second-order valence-electron chi connectivity index (χ2n) is 4.92. The van der Waals surface area contributed by atoms with Crippen molar-refractivity contribution in [3.8, 4) is 11.5 Å². The standard InChI is InChI=1S/C18H20N2O4/c1-3-24-16-8-4-13(5-9-16)18(22)19-12-17(21)20-14-6-10-15(23-2)11-7-14/h4-11H,3,12H2,1-2H3,(H,19,22)(H,20,21). The molecule has 126 valence electrons. The molecular weight excluding hydrogens is 308 g/mol. The fourth-order valence-electron chi connectivity index (χ4n) is 2.01. The molecule has 6 heteroatoms. The summed E-state index contributed by atoms with van der Waals surface area (Å²) in [6.45, 7) is 2.34. The van der Waals surface area contributed by atoms with Crippen LogP contribution in [0.25, 0.3) is 0 Å². The van der Waals surface area contributed by atoms with Gasteiger partial charge in [0.05, 0.1) is 20.3 Å². The lowest BCUT2D eigenvalue weighted by molar-refractivity contribution is -0.115. The Morgan fingerprint density at radius 3 is 2.17 bits per heavy atom. The SMILES string of the molecule is CCOc1ccc(C(=O)NCC(=O)Nc2ccc(OC)cc2)cc1. The van der Waals surface area contributed by atoms with Gasteiger partial charge in [0.25, 0.3) is 5.91 Å². The summed E-state index contributed by atoms with van der Waals surface area (Å²) in [7, 11) is 1.57. The molecule has 0 fully saturated rings. The van der Waals surface area contributed by atoms with Crippen LogP contribution < -0.4 is 20.1 Å². The van der Waals surface area contributed by atoms with Crippen LogP contribution in [0.2, 0.25) is 0 Å². The number of carbonyl (C=O) groups excluding carboxylic acids is 2. The first-order valence-corrected chi connectivity index (χ1v) is 7.57. The van der Waals surface area contributed by atoms with Gasteiger partial charge in [-0.25, -0.2) is 0 Å². The Hall–Kier alpha value is -3.02. The maximum atomic E-state index is 12.0. The Morgan fingerprint density at radius 2 is 1.58 bits per heavy atom. The van der Waals surface area contributed by atoms with E-state index in [1.807, 2.05) is 6.92 Å². The zero-order chi connectivity index (χ0) is 17.4. The van der Waals surface area contributed by atoms with E-state index in [2.05, 4.69) is 10.6 Å². The van der Waals surface area contributed by atoms with Gasteiger partial charge in [0.2, 0.25) is 5.91 Å². The van der Waals surface area contributed by atoms with Crippen molar-refractivity contribution in [3.05, 3.63) is 54.1 Å². The van der Waals surface area contributed by atoms with E-state index in [-0.39, 0.29) is 18.4 Å². The molecule has 0 heterocycles. The smallest absolute Gasteiger partial charge is 0.251 e. The summed E-state index contributed by atoms with van der Waals surface area (Å²) in [6, 6.07) is 13.7. The van der Waals surface area contributed by atoms with Crippen molar-refractivity contribution in [1.29, 1.82) is 0 Å². The zero-order valence-electron chi connectivity index (χ0n) is 13.7. The maximum Gasteiger partial charge on any atom is 0.251 e. The van der Waals surface area contributed by atoms with E-state index in [0.29, 0.717) is 29.4 Å². The number of anilines is 1. The van der Waals surface area contributed by atoms with Gasteiger partial charge in [-0.2, -0.15) is 0 Å². The van der Waals surface area contributed by atoms with Gasteiger partial charge in [0.1, 0.15) is 11.5 Å². The van der Waals surface area contributed by atoms with Crippen molar-refractivity contribution in [2.45, 2.75) is 6.92 Å². The van der Waals surface area contributed by atoms with Crippen molar-refractivity contribution in [3.63, 3.8) is 0 Å². The normalized spacial score (nSPS) is 9.92. The van der Waals surface area contributed by atoms with Gasteiger partial charge in [-0.05, 0) is 55.5 Å². The molecule has 0 aromatic heterocycles. The lowest BCUT2D eigenvalue weighted by atomic mass is 10.2. The highest BCUT2D eigenvalue weighted by Gasteiger charge is 2.08. The van der Waals surface area contributed by atoms with Crippen LogP contribution in [0.15, 0.2) is 48.5 Å². The van der Waals surface area contributed by atoms with E-state index < -0.39 is 0 Å². The summed E-state index contributed by atoms with van der Waals surface area (Å²) in [4.78, 5) is 23.9. The third-order valence-corrected chi connectivity index (χ3v) is 3.21. The third-order valence-electron chi connectivity index (χ3n) is 3.21. The molecule has 0 radical (unpaired) electrons. The maximum absolute atomic E-state index is 12.0. The lowest BCUT2D eigenvalue weighted by Crippen LogP contribution is -2.32. The van der Waals surface area contributed by atoms with Crippen LogP contribution in [0.5, 0.6) is 11.5 Å². The van der Waals surface area contributed by atoms with Crippen molar-refractivity contribution >= 4 is 17.5 Å². The summed E-state index contributed by atoms with van der Waals surface area (Å²) in [6.07, 6.45) is 0. The number of nitrogens with one attached hydrogen (secondary N) is 2. The molecule has 0 spiro atoms. The molecule has 6 nitrogen and oxygen atoms in total. The predicted octanol–water partition coefficient (Wildman–Crippen LogP) is 2.46. The van der Waals surface area contributed by atoms with Crippen molar-refractivity contribution < 1.29 is 19.1 Å². The monoisotopic (exact) mass is 328 g/mol. The van der Waals surface area contributed by atoms with Gasteiger partial charge in [-0.3, -0.25) is 9.59 Å². The first kappa shape index (κ1) is 17.3. The summed E-state index contributed by atoms with van der Waals surface area (Å²) < 4.78 is 10.4. The topological polar surface area (TPSA) is 76.7 Å². The Kier molecular flexibility index (Phi) is 6.19. The predicted molar refractivity (Wildman–Crippen MR) is 91.6 cm³/mol. The number of benzene rings is 2. The molecule has 0 aliphatic heterocycles. The summed E-state index contributed by atoms with van der Waals surface area (Å²) in [5, 5.41) is 5.27. The Labute approximate surface area is 140 Å². The van der Waals surface area contributed by atoms with E-state index in [1.54, 1.807) is 55.6 Å². The molecular formula is C18H20N2O4. The number of amides is 2. The van der Waals surface area contributed by atoms with Gasteiger partial charge >= 0.3 is 0 Å². The van der Waals surface area contributed by atoms with E-state index >= 15 is 0 Å². The summed E-state index contributed by atoms with van der Waals surface area (Å²) in [5.74, 6) is 0.783. The van der Waals surface area contributed by atoms with Gasteiger partial charge in [0.15, 0.2) is 0 Å². The summed E-state index contributed by atoms with van der Waals surface area (Å²) >= 11 is 0. The van der Waals surface area contributed by atoms with Crippen molar-refractivity contribution in [2.75, 3.05) is 25.6 Å². The molecule has 0 aliphatic carbocycles. The van der Waals surface area contributed by atoms with Crippen LogP contribution in [0.4, 0.5) is 5.69 Å². The van der Waals surface area contributed by atoms with Crippen LogP contribution in [-0.2, 0) is 4.79 Å². The van der Waals surface area contributed by atoms with Crippen LogP contribution in [0.1, 0.15) is 17.3 Å². The number of rotatable bonds is 7. The number of hydrogen-bond acceptors (Lipinski definition) is 4. The zero-order valence-corrected chi connectivity index (χ0v) is 13.7. The molecule has 0 atom stereocenters. The second kappa shape index (κ2) is 8.57. The third kappa shape index (κ3) is 5.01. The molecule has 0 bridgehead atoms. The Bertz CT molecular complexity index is 681. The second-order valence-corrected chi connectivity index (χ2v) is 4.92. The first-order valence-electron chi connectivity index (χ1n) is 7.57. The molecule has 0 unspecified atom stereocenters. The Balaban J connectivity index is 1.82. The largest absolute Gasteiger partial charge is 0.497 e. The number of ether oxygens (including phenoxy) is 2. The van der Waals surface area contributed by atoms with Crippen LogP contribution >= 0.6 is 0 Å². The average Bonchev–Trinajstić information content (AvgIpc) is 2.61. The molecule has 2 N–H and O–H groups in total. The fourth-order valence-corrected chi connectivity index (χ4v) is 2.01. The molecule has 2 aromatic rings. The minimum atomic E-state index is -0.317. The van der Waals surface area contributed by atoms with E-state index in [0.717, 1.165) is 0 Å². The van der Waals surface area contributed by atoms with Gasteiger partial charge in [-0.15, -0.1) is 0 Å². The van der Waals surface area contributed by atoms with Gasteiger partial charge < -0.3 is 20.1 Å². The van der Waals surface area contributed by atoms with E-state index in [1.165, 1.54) is 0 Å². The first-order chi connectivity index (χ1) is 11.6. The van der Waals surface area contributed by atoms with Crippen LogP contribution in [-0.4, -0.2) is 32.1 Å². The minimum absolute atomic E-state index is 0.113. The minimum Gasteiger partial charge on any atom is -0.497 e. The molecule has 0 aliphatic rings. The van der Waals surface area contributed by atoms with Gasteiger partial charge in [0, 0.05) is 11.3 Å². The molecule has 24 heavy (non-hydrogen) atoms. The quantitative estimate of drug-likeness (QED) is 0.818. The van der Waals surface area contributed by atoms with Crippen molar-refractivity contribution in [2.24, 2.45) is 0 Å². The van der Waals surface area contributed by atoms with Crippen LogP contribution in [0, 0.1) is 0 Å². The fraction of sp³-hybridized carbons (Fsp3) is 0.222. The molecule has 0 saturated carbocycles. The highest BCUT2D eigenvalue weighted by atomic mass is 16.5. The van der Waals surface area contributed by atoms with E-state index in [4.69, 9.17) is 9.47 Å². The molecule has 0 saturated heterocycles. The average molecular weight is 328 g/mol. The van der Waals surface area contributed by atoms with Crippen LogP contribution in [0.3, 0.4) is 0 Å². The highest BCUT2D eigenvalue weighted by molar-refractivity contribution is 5.99. The number of hydrogen-bond donors (Lipinski definition) is 2. The number of methoxy groups -OCH3 is 1. The molecule has 2 aromatic carbocycles. The highest BCUT2D eigenvalue weighted by Crippen LogP contribution is 2.15. The van der Waals surface area contributed by atoms with Crippen molar-refractivity contribution in [1.82, 2.24) is 5.32 Å². The summed E-state index contributed by atoms with van der Waals surface area (Å²) in [5.41, 5.74) is 1.10. The Morgan fingerprint density at radius 1 is 0.958 bits per heavy atom.